The number of rotatable bonds is 4. The first kappa shape index (κ1) is 14.1. The third-order valence-corrected chi connectivity index (χ3v) is 3.26. The van der Waals surface area contributed by atoms with Gasteiger partial charge in [0.15, 0.2) is 0 Å². The topological polar surface area (TPSA) is 62.5 Å². The Morgan fingerprint density at radius 3 is 2.55 bits per heavy atom. The minimum absolute atomic E-state index is 0.134. The normalized spacial score (nSPS) is 10.4. The summed E-state index contributed by atoms with van der Waals surface area (Å²) in [5.74, 6) is 1.00. The Hall–Kier alpha value is -2.85. The van der Waals surface area contributed by atoms with Crippen molar-refractivity contribution in [3.8, 4) is 11.3 Å². The van der Waals surface area contributed by atoms with Gasteiger partial charge in [0.2, 0.25) is 0 Å². The van der Waals surface area contributed by atoms with E-state index in [1.165, 1.54) is 0 Å². The molecule has 0 saturated carbocycles. The molecule has 0 unspecified atom stereocenters. The highest BCUT2D eigenvalue weighted by molar-refractivity contribution is 6.04. The van der Waals surface area contributed by atoms with Crippen molar-refractivity contribution < 1.29 is 14.3 Å². The Bertz CT molecular complexity index is 778. The summed E-state index contributed by atoms with van der Waals surface area (Å²) in [7, 11) is 0. The van der Waals surface area contributed by atoms with E-state index in [1.54, 1.807) is 24.3 Å². The predicted molar refractivity (Wildman–Crippen MR) is 84.5 cm³/mol. The number of benzene rings is 2. The second kappa shape index (κ2) is 6.28. The number of amides is 1. The number of anilines is 1. The lowest BCUT2D eigenvalue weighted by molar-refractivity contribution is 0.102. The van der Waals surface area contributed by atoms with Crippen molar-refractivity contribution in [2.45, 2.75) is 6.61 Å². The summed E-state index contributed by atoms with van der Waals surface area (Å²) < 4.78 is 5.50. The number of aliphatic hydroxyl groups excluding tert-OH is 1. The Morgan fingerprint density at radius 1 is 1.00 bits per heavy atom. The van der Waals surface area contributed by atoms with Crippen LogP contribution in [0.1, 0.15) is 16.1 Å². The number of nitrogens with one attached hydrogen (secondary N) is 1. The van der Waals surface area contributed by atoms with Gasteiger partial charge in [0, 0.05) is 16.8 Å². The first-order valence-corrected chi connectivity index (χ1v) is 6.92. The summed E-state index contributed by atoms with van der Waals surface area (Å²) in [6.45, 7) is -0.134. The lowest BCUT2D eigenvalue weighted by Crippen LogP contribution is -2.11. The third kappa shape index (κ3) is 3.07. The van der Waals surface area contributed by atoms with Gasteiger partial charge in [0.1, 0.15) is 18.1 Å². The maximum atomic E-state index is 12.1. The molecule has 0 saturated heterocycles. The van der Waals surface area contributed by atoms with Crippen LogP contribution in [0.4, 0.5) is 5.69 Å². The summed E-state index contributed by atoms with van der Waals surface area (Å²) in [5, 5.41) is 11.9. The highest BCUT2D eigenvalue weighted by Crippen LogP contribution is 2.25. The van der Waals surface area contributed by atoms with Crippen molar-refractivity contribution in [1.82, 2.24) is 0 Å². The number of furan rings is 1. The fourth-order valence-corrected chi connectivity index (χ4v) is 2.16. The van der Waals surface area contributed by atoms with Crippen LogP contribution in [-0.4, -0.2) is 11.0 Å². The highest BCUT2D eigenvalue weighted by Gasteiger charge is 2.08. The number of carbonyl (C=O) groups is 1. The van der Waals surface area contributed by atoms with Crippen LogP contribution >= 0.6 is 0 Å². The van der Waals surface area contributed by atoms with E-state index in [4.69, 9.17) is 9.52 Å². The average molecular weight is 293 g/mol. The average Bonchev–Trinajstić information content (AvgIpc) is 3.05. The standard InChI is InChI=1S/C18H15NO3/c20-12-16-9-10-17(22-16)14-7-4-8-15(11-14)19-18(21)13-5-2-1-3-6-13/h1-11,20H,12H2,(H,19,21). The molecule has 0 fully saturated rings. The molecule has 3 aromatic rings. The van der Waals surface area contributed by atoms with E-state index in [-0.39, 0.29) is 12.5 Å². The van der Waals surface area contributed by atoms with Gasteiger partial charge in [0.25, 0.3) is 5.91 Å². The number of hydrogen-bond donors (Lipinski definition) is 2. The Morgan fingerprint density at radius 2 is 1.82 bits per heavy atom. The monoisotopic (exact) mass is 293 g/mol. The van der Waals surface area contributed by atoms with Gasteiger partial charge in [0.05, 0.1) is 0 Å². The van der Waals surface area contributed by atoms with Gasteiger partial charge < -0.3 is 14.8 Å². The molecule has 1 heterocycles. The number of aliphatic hydroxyl groups is 1. The molecule has 0 atom stereocenters. The van der Waals surface area contributed by atoms with Gasteiger partial charge in [-0.05, 0) is 36.4 Å². The molecule has 0 aliphatic heterocycles. The van der Waals surface area contributed by atoms with Crippen LogP contribution in [0.2, 0.25) is 0 Å². The molecular formula is C18H15NO3. The highest BCUT2D eigenvalue weighted by atomic mass is 16.4. The smallest absolute Gasteiger partial charge is 0.255 e. The van der Waals surface area contributed by atoms with Gasteiger partial charge >= 0.3 is 0 Å². The second-order valence-corrected chi connectivity index (χ2v) is 4.83. The third-order valence-electron chi connectivity index (χ3n) is 3.26. The molecule has 110 valence electrons. The molecule has 0 aliphatic carbocycles. The molecule has 2 aromatic carbocycles. The van der Waals surface area contributed by atoms with Crippen LogP contribution in [0.3, 0.4) is 0 Å². The maximum absolute atomic E-state index is 12.1. The number of hydrogen-bond acceptors (Lipinski definition) is 3. The van der Waals surface area contributed by atoms with E-state index in [0.29, 0.717) is 22.8 Å². The number of carbonyl (C=O) groups excluding carboxylic acids is 1. The van der Waals surface area contributed by atoms with Crippen molar-refractivity contribution in [1.29, 1.82) is 0 Å². The largest absolute Gasteiger partial charge is 0.459 e. The van der Waals surface area contributed by atoms with Crippen molar-refractivity contribution in [3.63, 3.8) is 0 Å². The van der Waals surface area contributed by atoms with E-state index in [9.17, 15) is 4.79 Å². The zero-order valence-electron chi connectivity index (χ0n) is 11.8. The summed E-state index contributed by atoms with van der Waals surface area (Å²) in [5.41, 5.74) is 2.13. The van der Waals surface area contributed by atoms with E-state index < -0.39 is 0 Å². The van der Waals surface area contributed by atoms with Crippen LogP contribution < -0.4 is 5.32 Å². The van der Waals surface area contributed by atoms with Crippen LogP contribution in [0.25, 0.3) is 11.3 Å². The van der Waals surface area contributed by atoms with Crippen molar-refractivity contribution in [2.75, 3.05) is 5.32 Å². The van der Waals surface area contributed by atoms with Gasteiger partial charge in [-0.1, -0.05) is 30.3 Å². The fraction of sp³-hybridized carbons (Fsp3) is 0.0556. The van der Waals surface area contributed by atoms with Gasteiger partial charge in [-0.2, -0.15) is 0 Å². The molecule has 1 aromatic heterocycles. The quantitative estimate of drug-likeness (QED) is 0.771. The molecule has 1 amide bonds. The van der Waals surface area contributed by atoms with E-state index in [1.807, 2.05) is 42.5 Å². The van der Waals surface area contributed by atoms with Crippen molar-refractivity contribution >= 4 is 11.6 Å². The SMILES string of the molecule is O=C(Nc1cccc(-c2ccc(CO)o2)c1)c1ccccc1. The summed E-state index contributed by atoms with van der Waals surface area (Å²) in [6, 6.07) is 19.9. The Balaban J connectivity index is 1.81. The summed E-state index contributed by atoms with van der Waals surface area (Å²) in [6.07, 6.45) is 0. The lowest BCUT2D eigenvalue weighted by atomic mass is 10.1. The van der Waals surface area contributed by atoms with Crippen LogP contribution in [0.5, 0.6) is 0 Å². The Kier molecular flexibility index (Phi) is 4.03. The van der Waals surface area contributed by atoms with Crippen molar-refractivity contribution in [3.05, 3.63) is 78.1 Å². The zero-order valence-corrected chi connectivity index (χ0v) is 11.8. The van der Waals surface area contributed by atoms with E-state index in [2.05, 4.69) is 5.32 Å². The molecule has 22 heavy (non-hydrogen) atoms. The van der Waals surface area contributed by atoms with Gasteiger partial charge in [-0.15, -0.1) is 0 Å². The molecule has 0 bridgehead atoms. The molecule has 4 heteroatoms. The molecule has 0 aliphatic rings. The van der Waals surface area contributed by atoms with E-state index in [0.717, 1.165) is 5.56 Å². The fourth-order valence-electron chi connectivity index (χ4n) is 2.16. The maximum Gasteiger partial charge on any atom is 0.255 e. The molecule has 0 radical (unpaired) electrons. The minimum atomic E-state index is -0.159. The zero-order chi connectivity index (χ0) is 15.4. The first-order valence-electron chi connectivity index (χ1n) is 6.92. The van der Waals surface area contributed by atoms with Crippen LogP contribution in [0.15, 0.2) is 71.1 Å². The first-order chi connectivity index (χ1) is 10.8. The predicted octanol–water partition coefficient (Wildman–Crippen LogP) is 3.69. The van der Waals surface area contributed by atoms with Gasteiger partial charge in [-0.3, -0.25) is 4.79 Å². The second-order valence-electron chi connectivity index (χ2n) is 4.83. The summed E-state index contributed by atoms with van der Waals surface area (Å²) in [4.78, 5) is 12.1. The molecule has 2 N–H and O–H groups in total. The molecule has 4 nitrogen and oxygen atoms in total. The molecular weight excluding hydrogens is 278 g/mol. The molecule has 0 spiro atoms. The van der Waals surface area contributed by atoms with E-state index >= 15 is 0 Å². The molecule has 3 rings (SSSR count). The lowest BCUT2D eigenvalue weighted by Gasteiger charge is -2.06. The van der Waals surface area contributed by atoms with Crippen LogP contribution in [-0.2, 0) is 6.61 Å². The van der Waals surface area contributed by atoms with Crippen molar-refractivity contribution in [2.24, 2.45) is 0 Å². The van der Waals surface area contributed by atoms with Gasteiger partial charge in [-0.25, -0.2) is 0 Å². The Labute approximate surface area is 128 Å². The summed E-state index contributed by atoms with van der Waals surface area (Å²) >= 11 is 0. The van der Waals surface area contributed by atoms with Crippen LogP contribution in [0, 0.1) is 0 Å². The minimum Gasteiger partial charge on any atom is -0.459 e.